The van der Waals surface area contributed by atoms with E-state index in [2.05, 4.69) is 34.6 Å². The van der Waals surface area contributed by atoms with Crippen LogP contribution in [0.1, 0.15) is 112 Å². The van der Waals surface area contributed by atoms with Gasteiger partial charge in [0.05, 0.1) is 0 Å². The number of hydrogen-bond donors (Lipinski definition) is 0. The van der Waals surface area contributed by atoms with Crippen LogP contribution in [0.4, 0.5) is 0 Å². The maximum absolute atomic E-state index is 2.42. The third kappa shape index (κ3) is 11.5. The number of rotatable bonds is 13. The molecular weight excluding hydrogens is 228 g/mol. The van der Waals surface area contributed by atoms with Crippen LogP contribution in [0.15, 0.2) is 0 Å². The van der Waals surface area contributed by atoms with Gasteiger partial charge in [-0.15, -0.1) is 0 Å². The van der Waals surface area contributed by atoms with E-state index in [0.717, 1.165) is 5.92 Å². The first-order valence-corrected chi connectivity index (χ1v) is 9.00. The summed E-state index contributed by atoms with van der Waals surface area (Å²) in [7, 11) is 0. The molecule has 0 aromatic heterocycles. The lowest BCUT2D eigenvalue weighted by atomic mass is 9.77. The second-order valence-corrected chi connectivity index (χ2v) is 7.43. The van der Waals surface area contributed by atoms with Crippen LogP contribution in [-0.4, -0.2) is 0 Å². The van der Waals surface area contributed by atoms with Crippen molar-refractivity contribution >= 4 is 0 Å². The van der Waals surface area contributed by atoms with Gasteiger partial charge in [0, 0.05) is 0 Å². The normalized spacial score (nSPS) is 12.3. The Balaban J connectivity index is 3.19. The molecule has 0 aromatic carbocycles. The van der Waals surface area contributed by atoms with Gasteiger partial charge < -0.3 is 0 Å². The van der Waals surface area contributed by atoms with Gasteiger partial charge in [-0.2, -0.15) is 0 Å². The SMILES string of the molecule is CCCCCCCCCCCCCC(C)(C)C(C)C. The van der Waals surface area contributed by atoms with E-state index in [9.17, 15) is 0 Å². The summed E-state index contributed by atoms with van der Waals surface area (Å²) in [6, 6.07) is 0. The van der Waals surface area contributed by atoms with Gasteiger partial charge in [-0.05, 0) is 17.8 Å². The first kappa shape index (κ1) is 19.0. The fourth-order valence-electron chi connectivity index (χ4n) is 2.53. The molecule has 19 heavy (non-hydrogen) atoms. The van der Waals surface area contributed by atoms with Crippen molar-refractivity contribution < 1.29 is 0 Å². The molecule has 0 fully saturated rings. The molecule has 0 spiro atoms. The zero-order chi connectivity index (χ0) is 14.6. The van der Waals surface area contributed by atoms with E-state index >= 15 is 0 Å². The highest BCUT2D eigenvalue weighted by Crippen LogP contribution is 2.32. The summed E-state index contributed by atoms with van der Waals surface area (Å²) in [5.74, 6) is 0.815. The molecule has 0 aliphatic rings. The van der Waals surface area contributed by atoms with Gasteiger partial charge in [-0.25, -0.2) is 0 Å². The Morgan fingerprint density at radius 2 is 1.00 bits per heavy atom. The molecular formula is C19H40. The van der Waals surface area contributed by atoms with Gasteiger partial charge in [0.15, 0.2) is 0 Å². The third-order valence-corrected chi connectivity index (χ3v) is 4.99. The molecule has 0 heterocycles. The van der Waals surface area contributed by atoms with E-state index in [-0.39, 0.29) is 0 Å². The van der Waals surface area contributed by atoms with Crippen molar-refractivity contribution in [2.24, 2.45) is 11.3 Å². The number of hydrogen-bond acceptors (Lipinski definition) is 0. The second-order valence-electron chi connectivity index (χ2n) is 7.43. The maximum atomic E-state index is 2.42. The highest BCUT2D eigenvalue weighted by Gasteiger charge is 2.20. The standard InChI is InChI=1S/C19H40/c1-6-7-8-9-10-11-12-13-14-15-16-17-19(4,5)18(2)3/h18H,6-17H2,1-5H3. The van der Waals surface area contributed by atoms with Crippen molar-refractivity contribution in [3.63, 3.8) is 0 Å². The quantitative estimate of drug-likeness (QED) is 0.306. The Labute approximate surface area is 123 Å². The topological polar surface area (TPSA) is 0 Å². The first-order valence-electron chi connectivity index (χ1n) is 9.00. The molecule has 0 bridgehead atoms. The van der Waals surface area contributed by atoms with Crippen molar-refractivity contribution in [3.8, 4) is 0 Å². The van der Waals surface area contributed by atoms with Crippen LogP contribution < -0.4 is 0 Å². The molecule has 0 unspecified atom stereocenters. The third-order valence-electron chi connectivity index (χ3n) is 4.99. The zero-order valence-electron chi connectivity index (χ0n) is 14.6. The summed E-state index contributed by atoms with van der Waals surface area (Å²) >= 11 is 0. The van der Waals surface area contributed by atoms with Crippen LogP contribution in [0.3, 0.4) is 0 Å². The Bertz CT molecular complexity index is 178. The molecule has 0 aliphatic heterocycles. The Kier molecular flexibility index (Phi) is 11.8. The van der Waals surface area contributed by atoms with E-state index in [4.69, 9.17) is 0 Å². The maximum Gasteiger partial charge on any atom is -0.0331 e. The van der Waals surface area contributed by atoms with Crippen molar-refractivity contribution in [3.05, 3.63) is 0 Å². The number of unbranched alkanes of at least 4 members (excludes halogenated alkanes) is 10. The van der Waals surface area contributed by atoms with E-state index in [1.54, 1.807) is 0 Å². The molecule has 0 amide bonds. The highest BCUT2D eigenvalue weighted by molar-refractivity contribution is 4.71. The van der Waals surface area contributed by atoms with Crippen LogP contribution in [0.2, 0.25) is 0 Å². The van der Waals surface area contributed by atoms with Gasteiger partial charge in [0.2, 0.25) is 0 Å². The van der Waals surface area contributed by atoms with E-state index < -0.39 is 0 Å². The molecule has 0 rings (SSSR count). The second kappa shape index (κ2) is 11.8. The molecule has 0 aliphatic carbocycles. The molecule has 116 valence electrons. The van der Waals surface area contributed by atoms with Gasteiger partial charge in [0.1, 0.15) is 0 Å². The lowest BCUT2D eigenvalue weighted by molar-refractivity contribution is 0.221. The fourth-order valence-corrected chi connectivity index (χ4v) is 2.53. The monoisotopic (exact) mass is 268 g/mol. The highest BCUT2D eigenvalue weighted by atomic mass is 14.3. The average molecular weight is 269 g/mol. The van der Waals surface area contributed by atoms with Crippen LogP contribution in [0, 0.1) is 11.3 Å². The molecule has 0 saturated carbocycles. The van der Waals surface area contributed by atoms with Gasteiger partial charge in [-0.3, -0.25) is 0 Å². The summed E-state index contributed by atoms with van der Waals surface area (Å²) in [5, 5.41) is 0. The van der Waals surface area contributed by atoms with Crippen LogP contribution in [0.5, 0.6) is 0 Å². The van der Waals surface area contributed by atoms with Crippen molar-refractivity contribution in [1.82, 2.24) is 0 Å². The smallest absolute Gasteiger partial charge is 0.0331 e. The van der Waals surface area contributed by atoms with Crippen molar-refractivity contribution in [2.45, 2.75) is 112 Å². The van der Waals surface area contributed by atoms with Gasteiger partial charge in [0.25, 0.3) is 0 Å². The van der Waals surface area contributed by atoms with E-state index in [0.29, 0.717) is 5.41 Å². The Morgan fingerprint density at radius 3 is 1.37 bits per heavy atom. The van der Waals surface area contributed by atoms with E-state index in [1.165, 1.54) is 77.0 Å². The van der Waals surface area contributed by atoms with Gasteiger partial charge >= 0.3 is 0 Å². The lowest BCUT2D eigenvalue weighted by Crippen LogP contribution is -2.18. The Hall–Kier alpha value is 0. The molecule has 0 aromatic rings. The molecule has 0 nitrogen and oxygen atoms in total. The molecule has 0 saturated heterocycles. The zero-order valence-corrected chi connectivity index (χ0v) is 14.6. The lowest BCUT2D eigenvalue weighted by Gasteiger charge is -2.29. The predicted octanol–water partition coefficient (Wildman–Crippen LogP) is 7.37. The first-order chi connectivity index (χ1) is 9.00. The summed E-state index contributed by atoms with van der Waals surface area (Å²) in [5.41, 5.74) is 0.541. The average Bonchev–Trinajstić information content (AvgIpc) is 2.35. The summed E-state index contributed by atoms with van der Waals surface area (Å²) in [6.07, 6.45) is 17.4. The van der Waals surface area contributed by atoms with Crippen LogP contribution >= 0.6 is 0 Å². The molecule has 0 heteroatoms. The molecule has 0 atom stereocenters. The van der Waals surface area contributed by atoms with Crippen LogP contribution in [0.25, 0.3) is 0 Å². The molecule has 0 N–H and O–H groups in total. The minimum absolute atomic E-state index is 0.541. The fraction of sp³-hybridized carbons (Fsp3) is 1.00. The summed E-state index contributed by atoms with van der Waals surface area (Å²) in [6.45, 7) is 11.9. The van der Waals surface area contributed by atoms with Crippen molar-refractivity contribution in [1.29, 1.82) is 0 Å². The van der Waals surface area contributed by atoms with E-state index in [1.807, 2.05) is 0 Å². The van der Waals surface area contributed by atoms with Gasteiger partial charge in [-0.1, -0.05) is 105 Å². The van der Waals surface area contributed by atoms with Crippen molar-refractivity contribution in [2.75, 3.05) is 0 Å². The predicted molar refractivity (Wildman–Crippen MR) is 89.7 cm³/mol. The van der Waals surface area contributed by atoms with Crippen LogP contribution in [-0.2, 0) is 0 Å². The minimum Gasteiger partial charge on any atom is -0.0654 e. The molecule has 0 radical (unpaired) electrons. The summed E-state index contributed by atoms with van der Waals surface area (Å²) < 4.78 is 0. The minimum atomic E-state index is 0.541. The Morgan fingerprint density at radius 1 is 0.632 bits per heavy atom. The largest absolute Gasteiger partial charge is 0.0654 e. The summed E-state index contributed by atoms with van der Waals surface area (Å²) in [4.78, 5) is 0.